The van der Waals surface area contributed by atoms with E-state index in [1.54, 1.807) is 23.9 Å². The van der Waals surface area contributed by atoms with E-state index < -0.39 is 6.11 Å². The molecule has 0 radical (unpaired) electrons. The number of ether oxygens (including phenoxy) is 2. The van der Waals surface area contributed by atoms with Crippen molar-refractivity contribution in [2.24, 2.45) is 0 Å². The van der Waals surface area contributed by atoms with Crippen LogP contribution in [0.4, 0.5) is 8.78 Å². The monoisotopic (exact) mass is 427 g/mol. The maximum atomic E-state index is 12.9. The molecule has 0 aliphatic rings. The van der Waals surface area contributed by atoms with Crippen LogP contribution < -0.4 is 9.47 Å². The Morgan fingerprint density at radius 3 is 2.52 bits per heavy atom. The zero-order valence-corrected chi connectivity index (χ0v) is 17.0. The van der Waals surface area contributed by atoms with Gasteiger partial charge in [0.1, 0.15) is 17.3 Å². The first-order valence-corrected chi connectivity index (χ1v) is 9.36. The number of hydrogen-bond donors (Lipinski definition) is 0. The molecule has 2 aromatic heterocycles. The molecule has 0 saturated heterocycles. The van der Waals surface area contributed by atoms with Crippen molar-refractivity contribution in [3.8, 4) is 34.6 Å². The lowest BCUT2D eigenvalue weighted by atomic mass is 10.2. The van der Waals surface area contributed by atoms with E-state index >= 15 is 0 Å². The predicted octanol–water partition coefficient (Wildman–Crippen LogP) is 4.35. The van der Waals surface area contributed by atoms with E-state index in [9.17, 15) is 8.78 Å². The Kier molecular flexibility index (Phi) is 5.37. The van der Waals surface area contributed by atoms with Crippen molar-refractivity contribution >= 4 is 0 Å². The van der Waals surface area contributed by atoms with Gasteiger partial charge >= 0.3 is 6.11 Å². The van der Waals surface area contributed by atoms with Gasteiger partial charge in [-0.15, -0.1) is 5.10 Å². The van der Waals surface area contributed by atoms with Gasteiger partial charge in [0.25, 0.3) is 5.89 Å². The third-order valence-electron chi connectivity index (χ3n) is 4.35. The molecule has 0 N–H and O–H groups in total. The van der Waals surface area contributed by atoms with Gasteiger partial charge in [-0.05, 0) is 48.9 Å². The first kappa shape index (κ1) is 20.5. The molecule has 0 atom stereocenters. The Bertz CT molecular complexity index is 1180. The molecule has 2 heterocycles. The number of alkyl halides is 2. The molecule has 31 heavy (non-hydrogen) atoms. The number of benzene rings is 2. The Morgan fingerprint density at radius 1 is 1.03 bits per heavy atom. The van der Waals surface area contributed by atoms with Crippen LogP contribution in [0.15, 0.2) is 53.1 Å². The highest BCUT2D eigenvalue weighted by molar-refractivity contribution is 5.57. The minimum absolute atomic E-state index is 0.0357. The van der Waals surface area contributed by atoms with Crippen LogP contribution in [-0.4, -0.2) is 38.1 Å². The second-order valence-corrected chi connectivity index (χ2v) is 6.85. The third-order valence-corrected chi connectivity index (χ3v) is 4.35. The van der Waals surface area contributed by atoms with Gasteiger partial charge in [-0.25, -0.2) is 9.67 Å². The molecule has 4 aromatic rings. The predicted molar refractivity (Wildman–Crippen MR) is 107 cm³/mol. The van der Waals surface area contributed by atoms with Crippen molar-refractivity contribution in [1.29, 1.82) is 0 Å². The molecular formula is C21H19F2N5O3. The van der Waals surface area contributed by atoms with Crippen LogP contribution in [0.25, 0.3) is 23.1 Å². The molecule has 0 fully saturated rings. The zero-order valence-electron chi connectivity index (χ0n) is 17.0. The largest absolute Gasteiger partial charge is 0.497 e. The molecule has 0 aliphatic heterocycles. The van der Waals surface area contributed by atoms with Crippen LogP contribution in [-0.2, 0) is 6.54 Å². The van der Waals surface area contributed by atoms with Gasteiger partial charge in [-0.2, -0.15) is 13.8 Å². The number of rotatable bonds is 7. The van der Waals surface area contributed by atoms with Crippen molar-refractivity contribution in [1.82, 2.24) is 24.9 Å². The summed E-state index contributed by atoms with van der Waals surface area (Å²) in [6.45, 7) is 3.01. The van der Waals surface area contributed by atoms with Crippen molar-refractivity contribution in [3.63, 3.8) is 0 Å². The molecule has 0 spiro atoms. The van der Waals surface area contributed by atoms with Crippen LogP contribution in [0, 0.1) is 6.92 Å². The van der Waals surface area contributed by atoms with Crippen LogP contribution in [0.1, 0.15) is 18.3 Å². The Hall–Kier alpha value is -3.82. The van der Waals surface area contributed by atoms with E-state index in [4.69, 9.17) is 9.26 Å². The van der Waals surface area contributed by atoms with Crippen molar-refractivity contribution in [2.75, 3.05) is 7.11 Å². The fourth-order valence-electron chi connectivity index (χ4n) is 2.91. The van der Waals surface area contributed by atoms with Crippen molar-refractivity contribution in [2.45, 2.75) is 26.5 Å². The minimum atomic E-state index is -3.26. The average Bonchev–Trinajstić information content (AvgIpc) is 3.35. The summed E-state index contributed by atoms with van der Waals surface area (Å²) >= 11 is 0. The maximum absolute atomic E-state index is 12.9. The van der Waals surface area contributed by atoms with E-state index in [0.29, 0.717) is 30.7 Å². The van der Waals surface area contributed by atoms with Gasteiger partial charge in [-0.1, -0.05) is 17.3 Å². The first-order chi connectivity index (χ1) is 14.8. The summed E-state index contributed by atoms with van der Waals surface area (Å²) in [6.07, 6.45) is -3.26. The molecule has 4 rings (SSSR count). The number of methoxy groups -OCH3 is 1. The van der Waals surface area contributed by atoms with E-state index in [2.05, 4.69) is 25.0 Å². The summed E-state index contributed by atoms with van der Waals surface area (Å²) in [5, 5.41) is 8.39. The van der Waals surface area contributed by atoms with Gasteiger partial charge in [0.05, 0.1) is 13.7 Å². The third kappa shape index (κ3) is 4.85. The Morgan fingerprint density at radius 2 is 1.81 bits per heavy atom. The molecule has 0 amide bonds. The van der Waals surface area contributed by atoms with Gasteiger partial charge in [0, 0.05) is 12.5 Å². The summed E-state index contributed by atoms with van der Waals surface area (Å²) in [4.78, 5) is 8.72. The molecule has 160 valence electrons. The molecule has 0 aliphatic carbocycles. The van der Waals surface area contributed by atoms with E-state index in [-0.39, 0.29) is 17.5 Å². The van der Waals surface area contributed by atoms with Crippen molar-refractivity contribution in [3.05, 3.63) is 59.9 Å². The zero-order chi connectivity index (χ0) is 22.0. The van der Waals surface area contributed by atoms with Crippen molar-refractivity contribution < 1.29 is 22.8 Å². The number of halogens is 2. The average molecular weight is 427 g/mol. The summed E-state index contributed by atoms with van der Waals surface area (Å²) in [7, 11) is 1.62. The topological polar surface area (TPSA) is 88.1 Å². The normalized spacial score (nSPS) is 11.5. The molecular weight excluding hydrogens is 408 g/mol. The van der Waals surface area contributed by atoms with E-state index in [0.717, 1.165) is 11.3 Å². The van der Waals surface area contributed by atoms with Gasteiger partial charge in [0.2, 0.25) is 11.6 Å². The molecule has 0 saturated carbocycles. The summed E-state index contributed by atoms with van der Waals surface area (Å²) in [5.41, 5.74) is 1.58. The molecule has 8 nitrogen and oxygen atoms in total. The lowest BCUT2D eigenvalue weighted by Gasteiger charge is -2.12. The number of aromatic nitrogens is 5. The summed E-state index contributed by atoms with van der Waals surface area (Å²) < 4.78 is 42.7. The van der Waals surface area contributed by atoms with Crippen LogP contribution >= 0.6 is 0 Å². The number of nitrogens with zero attached hydrogens (tertiary/aromatic N) is 5. The second kappa shape index (κ2) is 8.13. The lowest BCUT2D eigenvalue weighted by molar-refractivity contribution is -0.158. The highest BCUT2D eigenvalue weighted by atomic mass is 19.3. The minimum Gasteiger partial charge on any atom is -0.497 e. The second-order valence-electron chi connectivity index (χ2n) is 6.85. The summed E-state index contributed by atoms with van der Waals surface area (Å²) in [5.74, 6) is 2.21. The van der Waals surface area contributed by atoms with Crippen LogP contribution in [0.3, 0.4) is 0 Å². The van der Waals surface area contributed by atoms with E-state index in [1.807, 2.05) is 31.2 Å². The standard InChI is InChI=1S/C21H19F2N5O3/c1-13-24-19(26-28(13)12-14-5-4-6-17(11-14)29-3)20-25-18(27-31-20)15-7-9-16(10-8-15)30-21(2,22)23/h4-11H,12H2,1-3H3. The lowest BCUT2D eigenvalue weighted by Crippen LogP contribution is -2.18. The quantitative estimate of drug-likeness (QED) is 0.433. The highest BCUT2D eigenvalue weighted by Gasteiger charge is 2.23. The Balaban J connectivity index is 1.52. The first-order valence-electron chi connectivity index (χ1n) is 9.36. The fourth-order valence-corrected chi connectivity index (χ4v) is 2.91. The highest BCUT2D eigenvalue weighted by Crippen LogP contribution is 2.25. The van der Waals surface area contributed by atoms with Gasteiger partial charge in [-0.3, -0.25) is 0 Å². The SMILES string of the molecule is COc1cccc(Cn2nc(-c3nc(-c4ccc(OC(C)(F)F)cc4)no3)nc2C)c1. The molecule has 2 aromatic carbocycles. The summed E-state index contributed by atoms with van der Waals surface area (Å²) in [6, 6.07) is 13.6. The molecule has 10 heteroatoms. The van der Waals surface area contributed by atoms with Crippen LogP contribution in [0.5, 0.6) is 11.5 Å². The van der Waals surface area contributed by atoms with E-state index in [1.165, 1.54) is 12.1 Å². The van der Waals surface area contributed by atoms with Crippen LogP contribution in [0.2, 0.25) is 0 Å². The smallest absolute Gasteiger partial charge is 0.394 e. The maximum Gasteiger partial charge on any atom is 0.394 e. The molecule has 0 bridgehead atoms. The molecule has 0 unspecified atom stereocenters. The number of hydrogen-bond acceptors (Lipinski definition) is 7. The van der Waals surface area contributed by atoms with Gasteiger partial charge < -0.3 is 14.0 Å². The number of aryl methyl sites for hydroxylation is 1. The Labute approximate surface area is 176 Å². The fraction of sp³-hybridized carbons (Fsp3) is 0.238. The van der Waals surface area contributed by atoms with Gasteiger partial charge in [0.15, 0.2) is 0 Å².